The Kier molecular flexibility index (Phi) is 8.13. The molecule has 2 saturated heterocycles. The molecule has 168 valence electrons. The minimum absolute atomic E-state index is 0.0375. The second-order valence-electron chi connectivity index (χ2n) is 9.63. The lowest BCUT2D eigenvalue weighted by atomic mass is 9.81. The van der Waals surface area contributed by atoms with Crippen molar-refractivity contribution in [3.8, 4) is 6.07 Å². The van der Waals surface area contributed by atoms with Crippen LogP contribution in [0.5, 0.6) is 0 Å². The van der Waals surface area contributed by atoms with Gasteiger partial charge in [-0.2, -0.15) is 5.26 Å². The molecule has 0 aromatic carbocycles. The average Bonchev–Trinajstić information content (AvgIpc) is 3.19. The van der Waals surface area contributed by atoms with Crippen LogP contribution in [0.2, 0.25) is 0 Å². The highest BCUT2D eigenvalue weighted by Crippen LogP contribution is 2.31. The molecule has 2 atom stereocenters. The van der Waals surface area contributed by atoms with Gasteiger partial charge in [0.05, 0.1) is 19.3 Å². The molecule has 0 bridgehead atoms. The number of nitriles is 1. The second-order valence-corrected chi connectivity index (χ2v) is 9.63. The molecule has 0 aromatic rings. The molecular formula is C23H38N4O3. The lowest BCUT2D eigenvalue weighted by Gasteiger charge is -2.32. The topological polar surface area (TPSA) is 85.7 Å². The average molecular weight is 419 g/mol. The zero-order valence-corrected chi connectivity index (χ0v) is 18.7. The van der Waals surface area contributed by atoms with Crippen LogP contribution < -0.4 is 5.32 Å². The van der Waals surface area contributed by atoms with Crippen molar-refractivity contribution >= 4 is 11.8 Å². The summed E-state index contributed by atoms with van der Waals surface area (Å²) in [5.41, 5.74) is -0.839. The summed E-state index contributed by atoms with van der Waals surface area (Å²) in [5, 5.41) is 13.0. The van der Waals surface area contributed by atoms with Crippen molar-refractivity contribution in [1.29, 1.82) is 5.26 Å². The number of nitrogens with one attached hydrogen (secondary N) is 1. The third kappa shape index (κ3) is 5.95. The van der Waals surface area contributed by atoms with Crippen LogP contribution in [0.4, 0.5) is 0 Å². The zero-order chi connectivity index (χ0) is 21.6. The Bertz CT molecular complexity index is 635. The van der Waals surface area contributed by atoms with E-state index in [1.54, 1.807) is 0 Å². The Morgan fingerprint density at radius 1 is 1.17 bits per heavy atom. The molecule has 0 aromatic heterocycles. The van der Waals surface area contributed by atoms with Gasteiger partial charge in [0.25, 0.3) is 0 Å². The minimum Gasteiger partial charge on any atom is -0.378 e. The summed E-state index contributed by atoms with van der Waals surface area (Å²) in [5.74, 6) is 0.0624. The van der Waals surface area contributed by atoms with Gasteiger partial charge >= 0.3 is 0 Å². The van der Waals surface area contributed by atoms with E-state index in [-0.39, 0.29) is 24.2 Å². The molecule has 30 heavy (non-hydrogen) atoms. The SMILES string of the molecule is CC(C)N1CCC(C#N)(NC(=O)C(CC(=O)N2CCOCC2)CC2CCCCC2)C1. The number of amides is 2. The van der Waals surface area contributed by atoms with E-state index in [4.69, 9.17) is 4.74 Å². The van der Waals surface area contributed by atoms with Crippen molar-refractivity contribution in [2.45, 2.75) is 76.8 Å². The van der Waals surface area contributed by atoms with Crippen molar-refractivity contribution < 1.29 is 14.3 Å². The number of hydrogen-bond donors (Lipinski definition) is 1. The number of carbonyl (C=O) groups excluding carboxylic acids is 2. The van der Waals surface area contributed by atoms with E-state index in [0.29, 0.717) is 51.2 Å². The summed E-state index contributed by atoms with van der Waals surface area (Å²) in [6.07, 6.45) is 7.59. The van der Waals surface area contributed by atoms with Crippen molar-refractivity contribution in [2.75, 3.05) is 39.4 Å². The normalized spacial score (nSPS) is 27.1. The number of likely N-dealkylation sites (tertiary alicyclic amines) is 1. The minimum atomic E-state index is -0.839. The quantitative estimate of drug-likeness (QED) is 0.686. The molecule has 7 heteroatoms. The monoisotopic (exact) mass is 418 g/mol. The highest BCUT2D eigenvalue weighted by Gasteiger charge is 2.42. The summed E-state index contributed by atoms with van der Waals surface area (Å²) in [6, 6.07) is 2.73. The van der Waals surface area contributed by atoms with Crippen LogP contribution in [0.15, 0.2) is 0 Å². The highest BCUT2D eigenvalue weighted by atomic mass is 16.5. The number of morpholine rings is 1. The fourth-order valence-corrected chi connectivity index (χ4v) is 5.10. The van der Waals surface area contributed by atoms with Gasteiger partial charge in [-0.1, -0.05) is 32.1 Å². The van der Waals surface area contributed by atoms with Crippen molar-refractivity contribution in [3.05, 3.63) is 0 Å². The van der Waals surface area contributed by atoms with Gasteiger partial charge in [0.15, 0.2) is 0 Å². The maximum Gasteiger partial charge on any atom is 0.224 e. The van der Waals surface area contributed by atoms with Crippen LogP contribution in [0.1, 0.15) is 65.2 Å². The molecule has 3 fully saturated rings. The summed E-state index contributed by atoms with van der Waals surface area (Å²) in [6.45, 7) is 7.92. The molecule has 2 amide bonds. The van der Waals surface area contributed by atoms with E-state index < -0.39 is 5.54 Å². The lowest BCUT2D eigenvalue weighted by Crippen LogP contribution is -2.52. The smallest absolute Gasteiger partial charge is 0.224 e. The summed E-state index contributed by atoms with van der Waals surface area (Å²) >= 11 is 0. The molecule has 1 aliphatic carbocycles. The fourth-order valence-electron chi connectivity index (χ4n) is 5.10. The van der Waals surface area contributed by atoms with Gasteiger partial charge in [0.1, 0.15) is 5.54 Å². The first-order chi connectivity index (χ1) is 14.4. The van der Waals surface area contributed by atoms with Crippen LogP contribution in [0, 0.1) is 23.2 Å². The summed E-state index contributed by atoms with van der Waals surface area (Å²) in [7, 11) is 0. The third-order valence-electron chi connectivity index (χ3n) is 7.10. The van der Waals surface area contributed by atoms with Crippen LogP contribution in [0.25, 0.3) is 0 Å². The molecule has 2 aliphatic heterocycles. The molecule has 1 N–H and O–H groups in total. The molecule has 0 radical (unpaired) electrons. The van der Waals surface area contributed by atoms with Crippen molar-refractivity contribution in [3.63, 3.8) is 0 Å². The first-order valence-electron chi connectivity index (χ1n) is 11.8. The molecule has 3 aliphatic rings. The Morgan fingerprint density at radius 2 is 1.87 bits per heavy atom. The Hall–Kier alpha value is -1.65. The molecule has 7 nitrogen and oxygen atoms in total. The number of ether oxygens (including phenoxy) is 1. The molecular weight excluding hydrogens is 380 g/mol. The largest absolute Gasteiger partial charge is 0.378 e. The molecule has 2 heterocycles. The van der Waals surface area contributed by atoms with E-state index in [1.165, 1.54) is 19.3 Å². The van der Waals surface area contributed by atoms with Crippen molar-refractivity contribution in [2.24, 2.45) is 11.8 Å². The third-order valence-corrected chi connectivity index (χ3v) is 7.10. The highest BCUT2D eigenvalue weighted by molar-refractivity contribution is 5.86. The van der Waals surface area contributed by atoms with E-state index in [9.17, 15) is 14.9 Å². The van der Waals surface area contributed by atoms with Gasteiger partial charge in [0, 0.05) is 44.6 Å². The molecule has 3 rings (SSSR count). The lowest BCUT2D eigenvalue weighted by molar-refractivity contribution is -0.140. The number of hydrogen-bond acceptors (Lipinski definition) is 5. The van der Waals surface area contributed by atoms with Crippen LogP contribution in [-0.2, 0) is 14.3 Å². The van der Waals surface area contributed by atoms with E-state index in [2.05, 4.69) is 30.1 Å². The first-order valence-corrected chi connectivity index (χ1v) is 11.8. The Balaban J connectivity index is 1.67. The van der Waals surface area contributed by atoms with Gasteiger partial charge in [-0.3, -0.25) is 14.5 Å². The van der Waals surface area contributed by atoms with Gasteiger partial charge < -0.3 is 15.0 Å². The molecule has 1 saturated carbocycles. The Labute approximate surface area is 181 Å². The van der Waals surface area contributed by atoms with Crippen LogP contribution >= 0.6 is 0 Å². The van der Waals surface area contributed by atoms with Gasteiger partial charge in [-0.05, 0) is 32.6 Å². The standard InChI is InChI=1S/C23H38N4O3/c1-18(2)27-9-8-23(16-24,17-27)25-22(29)20(14-19-6-4-3-5-7-19)15-21(28)26-10-12-30-13-11-26/h18-20H,3-15,17H2,1-2H3,(H,25,29). The van der Waals surface area contributed by atoms with Crippen LogP contribution in [0.3, 0.4) is 0 Å². The molecule has 0 spiro atoms. The van der Waals surface area contributed by atoms with Gasteiger partial charge in [-0.15, -0.1) is 0 Å². The predicted molar refractivity (Wildman–Crippen MR) is 115 cm³/mol. The number of rotatable bonds is 7. The number of carbonyl (C=O) groups is 2. The van der Waals surface area contributed by atoms with E-state index >= 15 is 0 Å². The first kappa shape index (κ1) is 23.0. The van der Waals surface area contributed by atoms with E-state index in [1.807, 2.05) is 4.90 Å². The zero-order valence-electron chi connectivity index (χ0n) is 18.7. The molecule has 2 unspecified atom stereocenters. The fraction of sp³-hybridized carbons (Fsp3) is 0.870. The predicted octanol–water partition coefficient (Wildman–Crippen LogP) is 2.31. The second kappa shape index (κ2) is 10.6. The van der Waals surface area contributed by atoms with Crippen LogP contribution in [-0.4, -0.2) is 72.6 Å². The van der Waals surface area contributed by atoms with Gasteiger partial charge in [-0.25, -0.2) is 0 Å². The Morgan fingerprint density at radius 3 is 2.47 bits per heavy atom. The number of nitrogens with zero attached hydrogens (tertiary/aromatic N) is 3. The summed E-state index contributed by atoms with van der Waals surface area (Å²) in [4.78, 5) is 30.3. The summed E-state index contributed by atoms with van der Waals surface area (Å²) < 4.78 is 5.36. The van der Waals surface area contributed by atoms with Gasteiger partial charge in [0.2, 0.25) is 11.8 Å². The van der Waals surface area contributed by atoms with Crippen molar-refractivity contribution in [1.82, 2.24) is 15.1 Å². The maximum atomic E-state index is 13.4. The maximum absolute atomic E-state index is 13.4. The van der Waals surface area contributed by atoms with E-state index in [0.717, 1.165) is 25.8 Å².